The molecule has 0 aromatic heterocycles. The number of rotatable bonds is 11. The minimum atomic E-state index is -1.82. The van der Waals surface area contributed by atoms with Gasteiger partial charge in [-0.15, -0.1) is 0 Å². The second-order valence-corrected chi connectivity index (χ2v) is 4.96. The minimum Gasteiger partial charge on any atom is -0.479 e. The predicted molar refractivity (Wildman–Crippen MR) is 74.4 cm³/mol. The summed E-state index contributed by atoms with van der Waals surface area (Å²) >= 11 is 0. The highest BCUT2D eigenvalue weighted by atomic mass is 16.4. The molecule has 0 aliphatic carbocycles. The lowest BCUT2D eigenvalue weighted by molar-refractivity contribution is -0.143. The molecule has 0 aromatic carbocycles. The van der Waals surface area contributed by atoms with E-state index >= 15 is 0 Å². The monoisotopic (exact) mass is 273 g/mol. The quantitative estimate of drug-likeness (QED) is 0.330. The molecule has 0 bridgehead atoms. The number of amides is 1. The Labute approximate surface area is 114 Å². The van der Waals surface area contributed by atoms with Gasteiger partial charge in [-0.2, -0.15) is 0 Å². The van der Waals surface area contributed by atoms with Gasteiger partial charge in [0.25, 0.3) is 0 Å². The number of carbonyl (C=O) groups is 2. The van der Waals surface area contributed by atoms with Crippen molar-refractivity contribution in [3.63, 3.8) is 0 Å². The summed E-state index contributed by atoms with van der Waals surface area (Å²) in [4.78, 5) is 22.1. The van der Waals surface area contributed by atoms with Crippen LogP contribution in [0.3, 0.4) is 0 Å². The Hall–Kier alpha value is -1.14. The number of aliphatic carboxylic acids is 1. The predicted octanol–water partition coefficient (Wildman–Crippen LogP) is 0.942. The van der Waals surface area contributed by atoms with Crippen LogP contribution in [0.1, 0.15) is 58.3 Å². The van der Waals surface area contributed by atoms with E-state index in [0.29, 0.717) is 6.54 Å². The zero-order chi connectivity index (χ0) is 14.7. The molecule has 0 radical (unpaired) electrons. The lowest BCUT2D eigenvalue weighted by Gasteiger charge is -2.18. The molecule has 0 unspecified atom stereocenters. The normalized spacial score (nSPS) is 11.3. The van der Waals surface area contributed by atoms with Crippen LogP contribution in [-0.4, -0.2) is 29.2 Å². The molecule has 1 amide bonds. The summed E-state index contributed by atoms with van der Waals surface area (Å²) < 4.78 is 0. The molecule has 0 fully saturated rings. The number of hydrogen-bond acceptors (Lipinski definition) is 4. The van der Waals surface area contributed by atoms with Gasteiger partial charge < -0.3 is 21.9 Å². The number of nitrogens with one attached hydrogen (secondary N) is 1. The lowest BCUT2D eigenvalue weighted by atomic mass is 10.1. The van der Waals surface area contributed by atoms with E-state index in [9.17, 15) is 9.59 Å². The van der Waals surface area contributed by atoms with Crippen LogP contribution in [-0.2, 0) is 9.59 Å². The molecule has 0 saturated heterocycles. The topological polar surface area (TPSA) is 118 Å². The maximum absolute atomic E-state index is 11.4. The van der Waals surface area contributed by atoms with Crippen molar-refractivity contribution in [2.45, 2.75) is 64.0 Å². The van der Waals surface area contributed by atoms with E-state index in [1.165, 1.54) is 25.7 Å². The van der Waals surface area contributed by atoms with Gasteiger partial charge in [-0.3, -0.25) is 4.79 Å². The highest BCUT2D eigenvalue weighted by Gasteiger charge is 2.28. The first-order valence-electron chi connectivity index (χ1n) is 6.98. The summed E-state index contributed by atoms with van der Waals surface area (Å²) in [6, 6.07) is 0. The van der Waals surface area contributed by atoms with Crippen molar-refractivity contribution < 1.29 is 14.7 Å². The summed E-state index contributed by atoms with van der Waals surface area (Å²) in [6.45, 7) is 2.80. The zero-order valence-corrected chi connectivity index (χ0v) is 11.8. The molecule has 6 nitrogen and oxygen atoms in total. The maximum Gasteiger partial charge on any atom is 0.338 e. The zero-order valence-electron chi connectivity index (χ0n) is 11.8. The molecule has 19 heavy (non-hydrogen) atoms. The van der Waals surface area contributed by atoms with Gasteiger partial charge in [-0.25, -0.2) is 4.79 Å². The number of nitrogens with two attached hydrogens (primary N) is 2. The first-order chi connectivity index (χ1) is 8.90. The molecule has 6 N–H and O–H groups in total. The van der Waals surface area contributed by atoms with Gasteiger partial charge in [0.15, 0.2) is 5.66 Å². The largest absolute Gasteiger partial charge is 0.479 e. The molecule has 0 aliphatic heterocycles. The average molecular weight is 273 g/mol. The second-order valence-electron chi connectivity index (χ2n) is 4.96. The van der Waals surface area contributed by atoms with Crippen LogP contribution in [0.5, 0.6) is 0 Å². The molecule has 0 aliphatic rings. The van der Waals surface area contributed by atoms with Crippen LogP contribution < -0.4 is 16.8 Å². The fraction of sp³-hybridized carbons (Fsp3) is 0.846. The second kappa shape index (κ2) is 9.75. The Morgan fingerprint density at radius 3 is 2.26 bits per heavy atom. The lowest BCUT2D eigenvalue weighted by Crippen LogP contribution is -2.56. The molecule has 112 valence electrons. The van der Waals surface area contributed by atoms with Crippen molar-refractivity contribution >= 4 is 11.9 Å². The number of carboxylic acids is 1. The highest BCUT2D eigenvalue weighted by molar-refractivity contribution is 5.80. The van der Waals surface area contributed by atoms with Crippen LogP contribution in [0.25, 0.3) is 0 Å². The highest BCUT2D eigenvalue weighted by Crippen LogP contribution is 2.05. The van der Waals surface area contributed by atoms with E-state index in [4.69, 9.17) is 16.6 Å². The van der Waals surface area contributed by atoms with Crippen molar-refractivity contribution in [3.05, 3.63) is 0 Å². The first kappa shape index (κ1) is 17.9. The maximum atomic E-state index is 11.4. The summed E-state index contributed by atoms with van der Waals surface area (Å²) in [7, 11) is 0. The summed E-state index contributed by atoms with van der Waals surface area (Å²) in [5.74, 6) is -1.49. The minimum absolute atomic E-state index is 0.0368. The molecule has 0 atom stereocenters. The third kappa shape index (κ3) is 9.44. The van der Waals surface area contributed by atoms with E-state index in [1.54, 1.807) is 0 Å². The fourth-order valence-electron chi connectivity index (χ4n) is 1.65. The standard InChI is InChI=1S/C13H27N3O3/c1-2-3-4-5-6-7-10-16-11(17)8-9-13(14,15)12(18)19/h2-10,14-15H2,1H3,(H,16,17)(H,18,19). The van der Waals surface area contributed by atoms with Crippen molar-refractivity contribution in [1.82, 2.24) is 5.32 Å². The van der Waals surface area contributed by atoms with Crippen LogP contribution in [0.4, 0.5) is 0 Å². The van der Waals surface area contributed by atoms with Crippen LogP contribution in [0, 0.1) is 0 Å². The molecule has 0 aromatic rings. The van der Waals surface area contributed by atoms with Crippen molar-refractivity contribution in [2.24, 2.45) is 11.5 Å². The van der Waals surface area contributed by atoms with Gasteiger partial charge in [-0.1, -0.05) is 39.0 Å². The molecule has 0 saturated carbocycles. The SMILES string of the molecule is CCCCCCCCNC(=O)CCC(N)(N)C(=O)O. The molecule has 6 heteroatoms. The molecular weight excluding hydrogens is 246 g/mol. The fourth-order valence-corrected chi connectivity index (χ4v) is 1.65. The van der Waals surface area contributed by atoms with Gasteiger partial charge >= 0.3 is 5.97 Å². The first-order valence-corrected chi connectivity index (χ1v) is 6.98. The average Bonchev–Trinajstić information content (AvgIpc) is 2.35. The third-order valence-corrected chi connectivity index (χ3v) is 3.02. The summed E-state index contributed by atoms with van der Waals surface area (Å²) in [5, 5.41) is 11.4. The van der Waals surface area contributed by atoms with Crippen molar-refractivity contribution in [3.8, 4) is 0 Å². The van der Waals surface area contributed by atoms with Gasteiger partial charge in [0.05, 0.1) is 0 Å². The summed E-state index contributed by atoms with van der Waals surface area (Å²) in [6.07, 6.45) is 6.94. The van der Waals surface area contributed by atoms with Gasteiger partial charge in [0.2, 0.25) is 5.91 Å². The van der Waals surface area contributed by atoms with E-state index < -0.39 is 11.6 Å². The number of carbonyl (C=O) groups excluding carboxylic acids is 1. The molecule has 0 rings (SSSR count). The van der Waals surface area contributed by atoms with Crippen LogP contribution in [0.2, 0.25) is 0 Å². The van der Waals surface area contributed by atoms with Gasteiger partial charge in [-0.05, 0) is 12.8 Å². The third-order valence-electron chi connectivity index (χ3n) is 3.02. The van der Waals surface area contributed by atoms with E-state index in [-0.39, 0.29) is 18.7 Å². The molecular formula is C13H27N3O3. The number of unbranched alkanes of at least 4 members (excludes halogenated alkanes) is 5. The number of carboxylic acid groups (broad SMARTS) is 1. The van der Waals surface area contributed by atoms with Crippen LogP contribution >= 0.6 is 0 Å². The van der Waals surface area contributed by atoms with E-state index in [1.807, 2.05) is 0 Å². The Kier molecular flexibility index (Phi) is 9.16. The van der Waals surface area contributed by atoms with Crippen molar-refractivity contribution in [1.29, 1.82) is 0 Å². The Morgan fingerprint density at radius 2 is 1.68 bits per heavy atom. The Bertz CT molecular complexity index is 280. The molecule has 0 heterocycles. The molecule has 0 spiro atoms. The van der Waals surface area contributed by atoms with E-state index in [2.05, 4.69) is 12.2 Å². The van der Waals surface area contributed by atoms with Crippen molar-refractivity contribution in [2.75, 3.05) is 6.54 Å². The smallest absolute Gasteiger partial charge is 0.338 e. The van der Waals surface area contributed by atoms with Crippen LogP contribution in [0.15, 0.2) is 0 Å². The summed E-state index contributed by atoms with van der Waals surface area (Å²) in [5.41, 5.74) is 8.84. The number of hydrogen-bond donors (Lipinski definition) is 4. The Morgan fingerprint density at radius 1 is 1.11 bits per heavy atom. The van der Waals surface area contributed by atoms with E-state index in [0.717, 1.165) is 12.8 Å². The Balaban J connectivity index is 3.53. The van der Waals surface area contributed by atoms with Gasteiger partial charge in [0, 0.05) is 13.0 Å². The van der Waals surface area contributed by atoms with Gasteiger partial charge in [0.1, 0.15) is 0 Å².